The van der Waals surface area contributed by atoms with Gasteiger partial charge in [0.15, 0.2) is 17.6 Å². The van der Waals surface area contributed by atoms with Gasteiger partial charge >= 0.3 is 0 Å². The number of methoxy groups -OCH3 is 1. The number of aliphatic hydroxyl groups excluding tert-OH is 1. The van der Waals surface area contributed by atoms with Gasteiger partial charge in [0.25, 0.3) is 11.5 Å². The van der Waals surface area contributed by atoms with Crippen LogP contribution in [0.1, 0.15) is 35.7 Å². The summed E-state index contributed by atoms with van der Waals surface area (Å²) >= 11 is 0. The average Bonchev–Trinajstić information content (AvgIpc) is 3.41. The largest absolute Gasteiger partial charge is 0.462 e. The zero-order chi connectivity index (χ0) is 21.7. The van der Waals surface area contributed by atoms with Gasteiger partial charge in [0.1, 0.15) is 5.76 Å². The van der Waals surface area contributed by atoms with Crippen molar-refractivity contribution in [2.75, 3.05) is 7.11 Å². The van der Waals surface area contributed by atoms with Crippen molar-refractivity contribution in [1.29, 1.82) is 0 Å². The number of nitrogens with one attached hydrogen (secondary N) is 1. The van der Waals surface area contributed by atoms with Gasteiger partial charge in [0.05, 0.1) is 0 Å². The molecule has 0 bridgehead atoms. The van der Waals surface area contributed by atoms with Crippen LogP contribution < -0.4 is 5.32 Å². The molecule has 1 aromatic carbocycles. The lowest BCUT2D eigenvalue weighted by atomic mass is 9.85. The van der Waals surface area contributed by atoms with Crippen LogP contribution in [-0.4, -0.2) is 47.1 Å². The first-order chi connectivity index (χ1) is 14.3. The van der Waals surface area contributed by atoms with Crippen LogP contribution >= 0.6 is 0 Å². The van der Waals surface area contributed by atoms with Gasteiger partial charge < -0.3 is 24.3 Å². The molecule has 0 radical (unpaired) electrons. The molecule has 0 saturated carbocycles. The number of hydrogen-bond donors (Lipinski definition) is 2. The highest BCUT2D eigenvalue weighted by Gasteiger charge is 2.74. The first-order valence-corrected chi connectivity index (χ1v) is 9.51. The van der Waals surface area contributed by atoms with Gasteiger partial charge in [0, 0.05) is 24.7 Å². The third kappa shape index (κ3) is 2.50. The van der Waals surface area contributed by atoms with Gasteiger partial charge in [-0.1, -0.05) is 37.3 Å². The van der Waals surface area contributed by atoms with Crippen molar-refractivity contribution in [3.8, 4) is 0 Å². The normalized spacial score (nSPS) is 28.2. The van der Waals surface area contributed by atoms with Crippen LogP contribution in [0.15, 0.2) is 52.5 Å². The molecule has 1 saturated heterocycles. The second kappa shape index (κ2) is 6.93. The minimum Gasteiger partial charge on any atom is -0.462 e. The Kier molecular flexibility index (Phi) is 4.63. The molecule has 3 unspecified atom stereocenters. The number of ketones is 2. The minimum absolute atomic E-state index is 0.0490. The Balaban J connectivity index is 1.76. The summed E-state index contributed by atoms with van der Waals surface area (Å²) in [5, 5.41) is 13.5. The monoisotopic (exact) mass is 411 g/mol. The van der Waals surface area contributed by atoms with Crippen molar-refractivity contribution < 1.29 is 33.4 Å². The number of benzene rings is 1. The summed E-state index contributed by atoms with van der Waals surface area (Å²) in [4.78, 5) is 39.3. The van der Waals surface area contributed by atoms with Crippen LogP contribution in [0.4, 0.5) is 0 Å². The van der Waals surface area contributed by atoms with Crippen molar-refractivity contribution in [1.82, 2.24) is 5.32 Å². The predicted molar refractivity (Wildman–Crippen MR) is 104 cm³/mol. The third-order valence-corrected chi connectivity index (χ3v) is 5.62. The van der Waals surface area contributed by atoms with E-state index in [2.05, 4.69) is 5.32 Å². The molecular formula is C22H21NO7. The van der Waals surface area contributed by atoms with Crippen LogP contribution in [0, 0.1) is 0 Å². The molecule has 1 spiro atoms. The standard InChI is InChI=1S/C22H21NO7/c1-4-14-10-11-15(29-14)16-12(2)17(24)21(30-16)19(26)22(28-3,23-20(21)27)18(25)13-8-6-5-7-9-13/h5-11,19,26H,4H2,1-3H3,(H,23,27). The number of ether oxygens (including phenoxy) is 2. The second-order valence-corrected chi connectivity index (χ2v) is 7.23. The van der Waals surface area contributed by atoms with E-state index in [0.717, 1.165) is 0 Å². The van der Waals surface area contributed by atoms with E-state index in [4.69, 9.17) is 13.9 Å². The van der Waals surface area contributed by atoms with E-state index in [-0.39, 0.29) is 22.7 Å². The summed E-state index contributed by atoms with van der Waals surface area (Å²) in [6.45, 7) is 3.38. The van der Waals surface area contributed by atoms with Gasteiger partial charge in [-0.25, -0.2) is 0 Å². The average molecular weight is 411 g/mol. The van der Waals surface area contributed by atoms with E-state index in [9.17, 15) is 19.5 Å². The van der Waals surface area contributed by atoms with Crippen molar-refractivity contribution in [2.45, 2.75) is 37.7 Å². The fraction of sp³-hybridized carbons (Fsp3) is 0.318. The molecule has 1 amide bonds. The molecule has 0 aliphatic carbocycles. The molecule has 8 heteroatoms. The quantitative estimate of drug-likeness (QED) is 0.568. The molecule has 156 valence electrons. The first kappa shape index (κ1) is 20.1. The molecule has 4 rings (SSSR count). The number of carbonyl (C=O) groups excluding carboxylic acids is 3. The molecule has 2 N–H and O–H groups in total. The number of aryl methyl sites for hydroxylation is 1. The third-order valence-electron chi connectivity index (χ3n) is 5.62. The summed E-state index contributed by atoms with van der Waals surface area (Å²) in [6, 6.07) is 11.4. The lowest BCUT2D eigenvalue weighted by molar-refractivity contribution is -0.156. The van der Waals surface area contributed by atoms with Crippen LogP contribution in [0.25, 0.3) is 5.76 Å². The fourth-order valence-electron chi connectivity index (χ4n) is 3.90. The Labute approximate surface area is 172 Å². The molecule has 2 aliphatic heterocycles. The maximum atomic E-state index is 13.2. The summed E-state index contributed by atoms with van der Waals surface area (Å²) in [7, 11) is 1.17. The molecule has 3 atom stereocenters. The highest BCUT2D eigenvalue weighted by Crippen LogP contribution is 2.45. The Hall–Kier alpha value is -3.23. The lowest BCUT2D eigenvalue weighted by Gasteiger charge is -2.32. The van der Waals surface area contributed by atoms with E-state index in [1.165, 1.54) is 26.2 Å². The number of Topliss-reactive ketones (excluding diaryl/α,β-unsaturated/α-hetero) is 2. The molecule has 2 aromatic rings. The van der Waals surface area contributed by atoms with Gasteiger partial charge in [-0.3, -0.25) is 14.4 Å². The van der Waals surface area contributed by atoms with Crippen LogP contribution in [-0.2, 0) is 25.5 Å². The van der Waals surface area contributed by atoms with E-state index in [0.29, 0.717) is 12.2 Å². The van der Waals surface area contributed by atoms with Gasteiger partial charge in [-0.05, 0) is 19.1 Å². The number of amides is 1. The molecular weight excluding hydrogens is 390 g/mol. The Bertz CT molecular complexity index is 1070. The van der Waals surface area contributed by atoms with Crippen molar-refractivity contribution in [3.63, 3.8) is 0 Å². The predicted octanol–water partition coefficient (Wildman–Crippen LogP) is 1.63. The topological polar surface area (TPSA) is 115 Å². The fourth-order valence-corrected chi connectivity index (χ4v) is 3.90. The molecule has 1 aromatic heterocycles. The number of rotatable bonds is 5. The van der Waals surface area contributed by atoms with Crippen molar-refractivity contribution in [2.24, 2.45) is 0 Å². The smallest absolute Gasteiger partial charge is 0.279 e. The maximum absolute atomic E-state index is 13.2. The molecule has 3 heterocycles. The Morgan fingerprint density at radius 2 is 1.90 bits per heavy atom. The Morgan fingerprint density at radius 3 is 2.50 bits per heavy atom. The van der Waals surface area contributed by atoms with Crippen molar-refractivity contribution >= 4 is 23.2 Å². The number of furan rings is 1. The molecule has 8 nitrogen and oxygen atoms in total. The molecule has 2 aliphatic rings. The second-order valence-electron chi connectivity index (χ2n) is 7.23. The van der Waals surface area contributed by atoms with Crippen molar-refractivity contribution in [3.05, 3.63) is 65.1 Å². The summed E-state index contributed by atoms with van der Waals surface area (Å²) in [6.07, 6.45) is -1.30. The van der Waals surface area contributed by atoms with Gasteiger partial charge in [0.2, 0.25) is 17.3 Å². The lowest BCUT2D eigenvalue weighted by Crippen LogP contribution is -2.60. The summed E-state index contributed by atoms with van der Waals surface area (Å²) < 4.78 is 16.8. The van der Waals surface area contributed by atoms with Crippen LogP contribution in [0.3, 0.4) is 0 Å². The van der Waals surface area contributed by atoms with E-state index < -0.39 is 34.9 Å². The Morgan fingerprint density at radius 1 is 1.20 bits per heavy atom. The zero-order valence-electron chi connectivity index (χ0n) is 16.7. The highest BCUT2D eigenvalue weighted by molar-refractivity contribution is 6.25. The summed E-state index contributed by atoms with van der Waals surface area (Å²) in [5.74, 6) is -1.42. The van der Waals surface area contributed by atoms with Gasteiger partial charge in [-0.15, -0.1) is 0 Å². The first-order valence-electron chi connectivity index (χ1n) is 9.51. The highest BCUT2D eigenvalue weighted by atomic mass is 16.6. The molecule has 1 fully saturated rings. The van der Waals surface area contributed by atoms with Crippen LogP contribution in [0.2, 0.25) is 0 Å². The SMILES string of the molecule is CCc1ccc(C2=C(C)C(=O)C3(O2)C(=O)NC(OC)(C(=O)c2ccccc2)C3O)o1. The number of aliphatic hydroxyl groups is 1. The van der Waals surface area contributed by atoms with E-state index in [1.807, 2.05) is 6.92 Å². The van der Waals surface area contributed by atoms with E-state index in [1.54, 1.807) is 30.3 Å². The zero-order valence-corrected chi connectivity index (χ0v) is 16.7. The maximum Gasteiger partial charge on any atom is 0.279 e. The number of hydrogen-bond acceptors (Lipinski definition) is 7. The van der Waals surface area contributed by atoms with Gasteiger partial charge in [-0.2, -0.15) is 0 Å². The number of carbonyl (C=O) groups is 3. The molecule has 30 heavy (non-hydrogen) atoms. The van der Waals surface area contributed by atoms with Crippen LogP contribution in [0.5, 0.6) is 0 Å². The van der Waals surface area contributed by atoms with E-state index >= 15 is 0 Å². The summed E-state index contributed by atoms with van der Waals surface area (Å²) in [5.41, 5.74) is -4.22. The minimum atomic E-state index is -2.35.